The van der Waals surface area contributed by atoms with Gasteiger partial charge in [0.05, 0.1) is 12.2 Å². The van der Waals surface area contributed by atoms with Crippen LogP contribution < -0.4 is 16.0 Å². The van der Waals surface area contributed by atoms with E-state index in [9.17, 15) is 19.2 Å². The first kappa shape index (κ1) is 26.7. The zero-order valence-corrected chi connectivity index (χ0v) is 21.0. The molecule has 3 rings (SSSR count). The van der Waals surface area contributed by atoms with Gasteiger partial charge in [-0.1, -0.05) is 38.1 Å². The zero-order chi connectivity index (χ0) is 26.1. The van der Waals surface area contributed by atoms with Gasteiger partial charge in [-0.15, -0.1) is 0 Å². The van der Waals surface area contributed by atoms with Gasteiger partial charge in [0.15, 0.2) is 0 Å². The van der Waals surface area contributed by atoms with E-state index in [1.807, 2.05) is 32.0 Å². The lowest BCUT2D eigenvalue weighted by atomic mass is 10.00. The Morgan fingerprint density at radius 3 is 2.42 bits per heavy atom. The van der Waals surface area contributed by atoms with Crippen molar-refractivity contribution in [1.29, 1.82) is 0 Å². The number of ether oxygens (including phenoxy) is 1. The molecule has 0 bridgehead atoms. The Kier molecular flexibility index (Phi) is 9.44. The van der Waals surface area contributed by atoms with Crippen molar-refractivity contribution in [2.24, 2.45) is 5.92 Å². The molecule has 2 aromatic rings. The fourth-order valence-electron chi connectivity index (χ4n) is 4.28. The number of esters is 1. The molecule has 3 N–H and O–H groups in total. The first-order chi connectivity index (χ1) is 17.3. The van der Waals surface area contributed by atoms with Crippen LogP contribution in [-0.2, 0) is 14.3 Å². The third-order valence-electron chi connectivity index (χ3n) is 5.94. The van der Waals surface area contributed by atoms with E-state index in [0.29, 0.717) is 29.9 Å². The van der Waals surface area contributed by atoms with Crippen LogP contribution in [0.25, 0.3) is 0 Å². The fraction of sp³-hybridized carbons (Fsp3) is 0.407. The summed E-state index contributed by atoms with van der Waals surface area (Å²) < 4.78 is 5.00. The van der Waals surface area contributed by atoms with Gasteiger partial charge < -0.3 is 25.6 Å². The van der Waals surface area contributed by atoms with Crippen LogP contribution >= 0.6 is 0 Å². The highest BCUT2D eigenvalue weighted by Crippen LogP contribution is 2.21. The summed E-state index contributed by atoms with van der Waals surface area (Å²) >= 11 is 0. The minimum atomic E-state index is -0.772. The van der Waals surface area contributed by atoms with Gasteiger partial charge in [-0.25, -0.2) is 9.59 Å². The van der Waals surface area contributed by atoms with Crippen LogP contribution in [0.3, 0.4) is 0 Å². The van der Waals surface area contributed by atoms with Crippen LogP contribution in [0.5, 0.6) is 0 Å². The Balaban J connectivity index is 1.69. The SMILES string of the molecule is CCOC(=O)c1cccc(NC(=O)N[C@@H]2CCCCN(C(C(=O)Nc3ccccc3)C(C)C)C2=O)c1. The number of nitrogens with one attached hydrogen (secondary N) is 3. The average Bonchev–Trinajstić information content (AvgIpc) is 3.01. The van der Waals surface area contributed by atoms with E-state index in [-0.39, 0.29) is 24.3 Å². The molecule has 0 saturated carbocycles. The van der Waals surface area contributed by atoms with Crippen LogP contribution in [0.2, 0.25) is 0 Å². The summed E-state index contributed by atoms with van der Waals surface area (Å²) in [4.78, 5) is 53.0. The molecule has 0 aromatic heterocycles. The Morgan fingerprint density at radius 1 is 1.00 bits per heavy atom. The first-order valence-electron chi connectivity index (χ1n) is 12.3. The maximum absolute atomic E-state index is 13.5. The molecule has 1 aliphatic rings. The van der Waals surface area contributed by atoms with Crippen LogP contribution in [-0.4, -0.2) is 54.0 Å². The highest BCUT2D eigenvalue weighted by atomic mass is 16.5. The van der Waals surface area contributed by atoms with E-state index in [2.05, 4.69) is 16.0 Å². The minimum absolute atomic E-state index is 0.129. The van der Waals surface area contributed by atoms with Gasteiger partial charge in [-0.3, -0.25) is 9.59 Å². The van der Waals surface area contributed by atoms with E-state index in [4.69, 9.17) is 4.74 Å². The molecule has 4 amide bonds. The van der Waals surface area contributed by atoms with Gasteiger partial charge >= 0.3 is 12.0 Å². The van der Waals surface area contributed by atoms with Gasteiger partial charge in [0.25, 0.3) is 0 Å². The summed E-state index contributed by atoms with van der Waals surface area (Å²) in [5.74, 6) is -1.16. The molecule has 0 spiro atoms. The lowest BCUT2D eigenvalue weighted by Crippen LogP contribution is -2.56. The van der Waals surface area contributed by atoms with Crippen molar-refractivity contribution < 1.29 is 23.9 Å². The maximum atomic E-state index is 13.5. The summed E-state index contributed by atoms with van der Waals surface area (Å²) in [5, 5.41) is 8.34. The van der Waals surface area contributed by atoms with E-state index in [1.54, 1.807) is 42.2 Å². The summed E-state index contributed by atoms with van der Waals surface area (Å²) in [5.41, 5.74) is 1.38. The second-order valence-corrected chi connectivity index (χ2v) is 9.02. The molecule has 2 atom stereocenters. The second-order valence-electron chi connectivity index (χ2n) is 9.02. The quantitative estimate of drug-likeness (QED) is 0.479. The fourth-order valence-corrected chi connectivity index (χ4v) is 4.28. The number of anilines is 2. The number of likely N-dealkylation sites (tertiary alicyclic amines) is 1. The molecule has 192 valence electrons. The Hall–Kier alpha value is -3.88. The number of benzene rings is 2. The Bertz CT molecular complexity index is 1070. The first-order valence-corrected chi connectivity index (χ1v) is 12.3. The number of carbonyl (C=O) groups excluding carboxylic acids is 4. The van der Waals surface area contributed by atoms with Crippen molar-refractivity contribution in [1.82, 2.24) is 10.2 Å². The molecule has 1 heterocycles. The van der Waals surface area contributed by atoms with Gasteiger partial charge in [-0.05, 0) is 62.4 Å². The Morgan fingerprint density at radius 2 is 1.72 bits per heavy atom. The van der Waals surface area contributed by atoms with Crippen LogP contribution in [0, 0.1) is 5.92 Å². The molecule has 9 heteroatoms. The number of rotatable bonds is 8. The number of nitrogens with zero attached hydrogens (tertiary/aromatic N) is 1. The molecular weight excluding hydrogens is 460 g/mol. The van der Waals surface area contributed by atoms with Gasteiger partial charge in [0, 0.05) is 17.9 Å². The molecule has 0 aliphatic carbocycles. The van der Waals surface area contributed by atoms with Crippen molar-refractivity contribution in [2.75, 3.05) is 23.8 Å². The normalized spacial score (nSPS) is 16.6. The predicted molar refractivity (Wildman–Crippen MR) is 138 cm³/mol. The summed E-state index contributed by atoms with van der Waals surface area (Å²) in [6.07, 6.45) is 1.93. The lowest BCUT2D eigenvalue weighted by molar-refractivity contribution is -0.141. The highest BCUT2D eigenvalue weighted by Gasteiger charge is 2.37. The smallest absolute Gasteiger partial charge is 0.338 e. The van der Waals surface area contributed by atoms with Crippen LogP contribution in [0.1, 0.15) is 50.4 Å². The van der Waals surface area contributed by atoms with Crippen LogP contribution in [0.4, 0.5) is 16.2 Å². The van der Waals surface area contributed by atoms with E-state index < -0.39 is 24.1 Å². The van der Waals surface area contributed by atoms with Crippen molar-refractivity contribution in [3.8, 4) is 0 Å². The zero-order valence-electron chi connectivity index (χ0n) is 21.0. The minimum Gasteiger partial charge on any atom is -0.462 e. The second kappa shape index (κ2) is 12.7. The number of urea groups is 1. The van der Waals surface area contributed by atoms with Crippen molar-refractivity contribution in [2.45, 2.75) is 52.1 Å². The Labute approximate surface area is 211 Å². The third kappa shape index (κ3) is 7.07. The van der Waals surface area contributed by atoms with E-state index in [0.717, 1.165) is 12.8 Å². The van der Waals surface area contributed by atoms with E-state index in [1.165, 1.54) is 6.07 Å². The van der Waals surface area contributed by atoms with Gasteiger partial charge in [-0.2, -0.15) is 0 Å². The third-order valence-corrected chi connectivity index (χ3v) is 5.94. The van der Waals surface area contributed by atoms with Crippen LogP contribution in [0.15, 0.2) is 54.6 Å². The lowest BCUT2D eigenvalue weighted by Gasteiger charge is -2.34. The van der Waals surface area contributed by atoms with Crippen molar-refractivity contribution >= 4 is 35.2 Å². The van der Waals surface area contributed by atoms with Crippen molar-refractivity contribution in [3.63, 3.8) is 0 Å². The highest BCUT2D eigenvalue weighted by molar-refractivity contribution is 5.99. The molecule has 1 saturated heterocycles. The van der Waals surface area contributed by atoms with Gasteiger partial charge in [0.1, 0.15) is 12.1 Å². The van der Waals surface area contributed by atoms with Crippen molar-refractivity contribution in [3.05, 3.63) is 60.2 Å². The molecule has 36 heavy (non-hydrogen) atoms. The number of carbonyl (C=O) groups is 4. The standard InChI is InChI=1S/C27H34N4O5/c1-4-36-26(34)19-11-10-14-21(17-19)29-27(35)30-22-15-8-9-16-31(25(22)33)23(18(2)3)24(32)28-20-12-6-5-7-13-20/h5-7,10-14,17-18,22-23H,4,8-9,15-16H2,1-3H3,(H,28,32)(H2,29,30,35)/t22-,23?/m1/s1. The molecule has 0 radical (unpaired) electrons. The molecule has 2 aromatic carbocycles. The summed E-state index contributed by atoms with van der Waals surface area (Å²) in [6.45, 7) is 6.21. The van der Waals surface area contributed by atoms with Gasteiger partial charge in [0.2, 0.25) is 11.8 Å². The summed E-state index contributed by atoms with van der Waals surface area (Å²) in [7, 11) is 0. The number of hydrogen-bond acceptors (Lipinski definition) is 5. The molecule has 1 aliphatic heterocycles. The predicted octanol–water partition coefficient (Wildman–Crippen LogP) is 4.03. The number of amides is 4. The largest absolute Gasteiger partial charge is 0.462 e. The molecule has 9 nitrogen and oxygen atoms in total. The topological polar surface area (TPSA) is 117 Å². The monoisotopic (exact) mass is 494 g/mol. The number of para-hydroxylation sites is 1. The molecular formula is C27H34N4O5. The molecule has 1 fully saturated rings. The molecule has 1 unspecified atom stereocenters. The summed E-state index contributed by atoms with van der Waals surface area (Å²) in [6, 6.07) is 13.5. The maximum Gasteiger partial charge on any atom is 0.338 e. The number of hydrogen-bond donors (Lipinski definition) is 3. The average molecular weight is 495 g/mol. The van der Waals surface area contributed by atoms with E-state index >= 15 is 0 Å².